The summed E-state index contributed by atoms with van der Waals surface area (Å²) in [4.78, 5) is 28.8. The predicted octanol–water partition coefficient (Wildman–Crippen LogP) is 3.01. The van der Waals surface area contributed by atoms with E-state index < -0.39 is 0 Å². The summed E-state index contributed by atoms with van der Waals surface area (Å²) >= 11 is 0. The Morgan fingerprint density at radius 2 is 1.61 bits per heavy atom. The molecule has 4 rings (SSSR count). The van der Waals surface area contributed by atoms with Crippen molar-refractivity contribution >= 4 is 28.9 Å². The van der Waals surface area contributed by atoms with Gasteiger partial charge in [-0.3, -0.25) is 9.59 Å². The van der Waals surface area contributed by atoms with Crippen molar-refractivity contribution in [2.45, 2.75) is 13.8 Å². The van der Waals surface area contributed by atoms with Crippen molar-refractivity contribution in [2.24, 2.45) is 0 Å². The Morgan fingerprint density at radius 3 is 2.32 bits per heavy atom. The van der Waals surface area contributed by atoms with Crippen molar-refractivity contribution in [3.8, 4) is 0 Å². The highest BCUT2D eigenvalue weighted by Crippen LogP contribution is 2.31. The normalized spacial score (nSPS) is 17.1. The van der Waals surface area contributed by atoms with Crippen LogP contribution in [0.3, 0.4) is 0 Å². The molecule has 0 saturated carbocycles. The molecule has 2 heterocycles. The van der Waals surface area contributed by atoms with Crippen molar-refractivity contribution in [1.29, 1.82) is 0 Å². The maximum atomic E-state index is 12.9. The molecule has 2 aromatic rings. The molecule has 0 bridgehead atoms. The Morgan fingerprint density at radius 1 is 0.929 bits per heavy atom. The molecule has 0 radical (unpaired) electrons. The zero-order chi connectivity index (χ0) is 19.7. The molecule has 1 saturated heterocycles. The van der Waals surface area contributed by atoms with Crippen LogP contribution in [0.25, 0.3) is 0 Å². The summed E-state index contributed by atoms with van der Waals surface area (Å²) in [6.45, 7) is 6.90. The second-order valence-electron chi connectivity index (χ2n) is 7.12. The highest BCUT2D eigenvalue weighted by atomic mass is 16.5. The van der Waals surface area contributed by atoms with Gasteiger partial charge in [-0.25, -0.2) is 4.90 Å². The molecule has 1 fully saturated rings. The molecular formula is C22H23N3O3. The topological polar surface area (TPSA) is 61.9 Å². The van der Waals surface area contributed by atoms with Crippen molar-refractivity contribution < 1.29 is 14.3 Å². The largest absolute Gasteiger partial charge is 0.378 e. The van der Waals surface area contributed by atoms with E-state index in [-0.39, 0.29) is 17.5 Å². The van der Waals surface area contributed by atoms with Gasteiger partial charge in [-0.05, 0) is 43.7 Å². The van der Waals surface area contributed by atoms with E-state index in [0.29, 0.717) is 18.9 Å². The van der Waals surface area contributed by atoms with E-state index in [4.69, 9.17) is 4.74 Å². The van der Waals surface area contributed by atoms with Gasteiger partial charge in [-0.15, -0.1) is 0 Å². The van der Waals surface area contributed by atoms with Gasteiger partial charge >= 0.3 is 0 Å². The van der Waals surface area contributed by atoms with Crippen LogP contribution in [0, 0.1) is 13.8 Å². The van der Waals surface area contributed by atoms with E-state index in [0.717, 1.165) is 35.6 Å². The molecule has 28 heavy (non-hydrogen) atoms. The number of hydrogen-bond donors (Lipinski definition) is 1. The van der Waals surface area contributed by atoms with Gasteiger partial charge < -0.3 is 15.0 Å². The second kappa shape index (κ2) is 7.48. The summed E-state index contributed by atoms with van der Waals surface area (Å²) in [6.07, 6.45) is 1.37. The number of carbonyl (C=O) groups is 2. The third-order valence-corrected chi connectivity index (χ3v) is 4.99. The molecule has 2 aromatic carbocycles. The summed E-state index contributed by atoms with van der Waals surface area (Å²) in [5.74, 6) is -0.680. The van der Waals surface area contributed by atoms with Crippen molar-refractivity contribution in [2.75, 3.05) is 41.4 Å². The molecule has 2 aliphatic rings. The number of aryl methyl sites for hydroxylation is 2. The predicted molar refractivity (Wildman–Crippen MR) is 110 cm³/mol. The van der Waals surface area contributed by atoms with E-state index in [1.807, 2.05) is 44.2 Å². The molecule has 6 nitrogen and oxygen atoms in total. The molecule has 0 aromatic heterocycles. The lowest BCUT2D eigenvalue weighted by Crippen LogP contribution is -2.36. The fraction of sp³-hybridized carbons (Fsp3) is 0.273. The molecule has 144 valence electrons. The first-order valence-electron chi connectivity index (χ1n) is 9.40. The Kier molecular flexibility index (Phi) is 4.88. The van der Waals surface area contributed by atoms with Crippen LogP contribution in [0.1, 0.15) is 11.1 Å². The third kappa shape index (κ3) is 3.51. The SMILES string of the molecule is Cc1ccc(N2C(=O)C=C(Nc3cc(C)ccc3N3CCOCC3)C2=O)cc1. The number of amides is 2. The highest BCUT2D eigenvalue weighted by molar-refractivity contribution is 6.31. The average molecular weight is 377 g/mol. The van der Waals surface area contributed by atoms with E-state index in [1.165, 1.54) is 11.0 Å². The van der Waals surface area contributed by atoms with Crippen LogP contribution in [-0.2, 0) is 14.3 Å². The molecule has 6 heteroatoms. The number of rotatable bonds is 4. The maximum absolute atomic E-state index is 12.9. The van der Waals surface area contributed by atoms with Gasteiger partial charge in [0.1, 0.15) is 5.70 Å². The van der Waals surface area contributed by atoms with Gasteiger partial charge in [0.05, 0.1) is 30.3 Å². The molecule has 1 N–H and O–H groups in total. The van der Waals surface area contributed by atoms with Gasteiger partial charge in [0.15, 0.2) is 0 Å². The zero-order valence-corrected chi connectivity index (χ0v) is 16.1. The summed E-state index contributed by atoms with van der Waals surface area (Å²) < 4.78 is 5.44. The molecule has 2 aliphatic heterocycles. The number of morpholine rings is 1. The average Bonchev–Trinajstić information content (AvgIpc) is 2.97. The smallest absolute Gasteiger partial charge is 0.281 e. The standard InChI is InChI=1S/C22H23N3O3/c1-15-3-6-17(7-4-15)25-21(26)14-19(22(25)27)23-18-13-16(2)5-8-20(18)24-9-11-28-12-10-24/h3-8,13-14,23H,9-12H2,1-2H3. The zero-order valence-electron chi connectivity index (χ0n) is 16.1. The summed E-state index contributed by atoms with van der Waals surface area (Å²) in [5.41, 5.74) is 4.83. The van der Waals surface area contributed by atoms with Crippen LogP contribution < -0.4 is 15.1 Å². The molecule has 0 unspecified atom stereocenters. The Hall–Kier alpha value is -3.12. The van der Waals surface area contributed by atoms with Crippen LogP contribution >= 0.6 is 0 Å². The first kappa shape index (κ1) is 18.3. The van der Waals surface area contributed by atoms with Gasteiger partial charge in [-0.1, -0.05) is 23.8 Å². The van der Waals surface area contributed by atoms with Crippen molar-refractivity contribution in [1.82, 2.24) is 0 Å². The molecular weight excluding hydrogens is 354 g/mol. The Bertz CT molecular complexity index is 944. The third-order valence-electron chi connectivity index (χ3n) is 4.99. The molecule has 0 aliphatic carbocycles. The first-order valence-corrected chi connectivity index (χ1v) is 9.40. The number of imide groups is 1. The fourth-order valence-electron chi connectivity index (χ4n) is 3.47. The fourth-order valence-corrected chi connectivity index (χ4v) is 3.47. The lowest BCUT2D eigenvalue weighted by atomic mass is 10.1. The second-order valence-corrected chi connectivity index (χ2v) is 7.12. The number of anilines is 3. The van der Waals surface area contributed by atoms with Crippen LogP contribution in [-0.4, -0.2) is 38.1 Å². The molecule has 0 spiro atoms. The van der Waals surface area contributed by atoms with Crippen LogP contribution in [0.15, 0.2) is 54.2 Å². The minimum absolute atomic E-state index is 0.283. The van der Waals surface area contributed by atoms with E-state index >= 15 is 0 Å². The highest BCUT2D eigenvalue weighted by Gasteiger charge is 2.33. The van der Waals surface area contributed by atoms with Gasteiger partial charge in [0.2, 0.25) is 0 Å². The van der Waals surface area contributed by atoms with Gasteiger partial charge in [0.25, 0.3) is 11.8 Å². The maximum Gasteiger partial charge on any atom is 0.281 e. The summed E-state index contributed by atoms with van der Waals surface area (Å²) in [5, 5.41) is 3.21. The van der Waals surface area contributed by atoms with Crippen molar-refractivity contribution in [3.63, 3.8) is 0 Å². The van der Waals surface area contributed by atoms with Gasteiger partial charge in [0, 0.05) is 19.2 Å². The van der Waals surface area contributed by atoms with E-state index in [2.05, 4.69) is 10.2 Å². The Balaban J connectivity index is 1.60. The van der Waals surface area contributed by atoms with E-state index in [9.17, 15) is 9.59 Å². The number of ether oxygens (including phenoxy) is 1. The Labute approximate surface area is 164 Å². The number of nitrogens with one attached hydrogen (secondary N) is 1. The van der Waals surface area contributed by atoms with Crippen molar-refractivity contribution in [3.05, 3.63) is 65.4 Å². The lowest BCUT2D eigenvalue weighted by molar-refractivity contribution is -0.120. The quantitative estimate of drug-likeness (QED) is 0.830. The van der Waals surface area contributed by atoms with Crippen LogP contribution in [0.2, 0.25) is 0 Å². The summed E-state index contributed by atoms with van der Waals surface area (Å²) in [6, 6.07) is 13.4. The first-order chi connectivity index (χ1) is 13.5. The monoisotopic (exact) mass is 377 g/mol. The van der Waals surface area contributed by atoms with Gasteiger partial charge in [-0.2, -0.15) is 0 Å². The van der Waals surface area contributed by atoms with Crippen LogP contribution in [0.5, 0.6) is 0 Å². The minimum Gasteiger partial charge on any atom is -0.378 e. The summed E-state index contributed by atoms with van der Waals surface area (Å²) in [7, 11) is 0. The number of benzene rings is 2. The van der Waals surface area contributed by atoms with E-state index in [1.54, 1.807) is 12.1 Å². The van der Waals surface area contributed by atoms with Crippen LogP contribution in [0.4, 0.5) is 17.1 Å². The lowest BCUT2D eigenvalue weighted by Gasteiger charge is -2.31. The molecule has 0 atom stereocenters. The minimum atomic E-state index is -0.344. The number of carbonyl (C=O) groups excluding carboxylic acids is 2. The number of hydrogen-bond acceptors (Lipinski definition) is 5. The molecule has 2 amide bonds. The number of nitrogens with zero attached hydrogens (tertiary/aromatic N) is 2.